The highest BCUT2D eigenvalue weighted by Gasteiger charge is 2.50. The minimum absolute atomic E-state index is 0.0392. The third kappa shape index (κ3) is 3.35. The molecule has 0 aliphatic heterocycles. The summed E-state index contributed by atoms with van der Waals surface area (Å²) in [7, 11) is 0. The molecular formula is C32H27N3O. The number of Topliss-reactive ketones (excluding diaryl/α,β-unsaturated/α-hetero) is 1. The Morgan fingerprint density at radius 1 is 0.917 bits per heavy atom. The van der Waals surface area contributed by atoms with Gasteiger partial charge in [-0.15, -0.1) is 0 Å². The van der Waals surface area contributed by atoms with Gasteiger partial charge in [0, 0.05) is 22.5 Å². The quantitative estimate of drug-likeness (QED) is 0.336. The van der Waals surface area contributed by atoms with Crippen LogP contribution < -0.4 is 0 Å². The summed E-state index contributed by atoms with van der Waals surface area (Å²) in [6, 6.07) is 31.4. The second-order valence-corrected chi connectivity index (χ2v) is 10.1. The zero-order valence-corrected chi connectivity index (χ0v) is 20.5. The molecule has 0 N–H and O–H groups in total. The van der Waals surface area contributed by atoms with E-state index in [0.717, 1.165) is 41.0 Å². The zero-order valence-electron chi connectivity index (χ0n) is 20.5. The largest absolute Gasteiger partial charge is 0.293 e. The molecule has 0 radical (unpaired) electrons. The number of rotatable bonds is 3. The molecule has 0 saturated heterocycles. The number of allylic oxidation sites excluding steroid dienone is 2. The highest BCUT2D eigenvalue weighted by Crippen LogP contribution is 2.51. The molecule has 4 heteroatoms. The Labute approximate surface area is 211 Å². The maximum Gasteiger partial charge on any atom is 0.176 e. The van der Waals surface area contributed by atoms with Gasteiger partial charge in [0.1, 0.15) is 6.07 Å². The highest BCUT2D eigenvalue weighted by atomic mass is 16.1. The van der Waals surface area contributed by atoms with E-state index >= 15 is 0 Å². The molecule has 2 aliphatic rings. The minimum atomic E-state index is -0.468. The van der Waals surface area contributed by atoms with Crippen molar-refractivity contribution in [2.24, 2.45) is 11.8 Å². The average molecular weight is 470 g/mol. The lowest BCUT2D eigenvalue weighted by molar-refractivity contribution is -0.121. The minimum Gasteiger partial charge on any atom is -0.293 e. The molecule has 4 nitrogen and oxygen atoms in total. The molecule has 4 aromatic rings. The van der Waals surface area contributed by atoms with Gasteiger partial charge in [0.25, 0.3) is 0 Å². The van der Waals surface area contributed by atoms with E-state index in [-0.39, 0.29) is 23.2 Å². The zero-order chi connectivity index (χ0) is 24.9. The summed E-state index contributed by atoms with van der Waals surface area (Å²) in [6.07, 6.45) is 3.64. The van der Waals surface area contributed by atoms with E-state index in [4.69, 9.17) is 5.10 Å². The van der Waals surface area contributed by atoms with E-state index in [1.54, 1.807) is 0 Å². The molecule has 0 saturated carbocycles. The van der Waals surface area contributed by atoms with Gasteiger partial charge < -0.3 is 0 Å². The molecule has 1 heterocycles. The van der Waals surface area contributed by atoms with Crippen LogP contribution in [0.5, 0.6) is 0 Å². The molecular weight excluding hydrogens is 442 g/mol. The molecule has 0 amide bonds. The van der Waals surface area contributed by atoms with Crippen LogP contribution in [0.2, 0.25) is 0 Å². The van der Waals surface area contributed by atoms with Gasteiger partial charge in [-0.1, -0.05) is 92.7 Å². The van der Waals surface area contributed by atoms with Crippen molar-refractivity contribution in [3.63, 3.8) is 0 Å². The fourth-order valence-corrected chi connectivity index (χ4v) is 6.23. The number of carbonyl (C=O) groups excluding carboxylic acids is 1. The number of nitrogens with zero attached hydrogens (tertiary/aromatic N) is 3. The Bertz CT molecular complexity index is 1520. The third-order valence-electron chi connectivity index (χ3n) is 8.08. The maximum absolute atomic E-state index is 12.8. The summed E-state index contributed by atoms with van der Waals surface area (Å²) < 4.78 is 2.06. The Balaban J connectivity index is 1.55. The molecule has 2 aliphatic carbocycles. The number of benzene rings is 3. The van der Waals surface area contributed by atoms with E-state index < -0.39 is 5.41 Å². The van der Waals surface area contributed by atoms with Crippen molar-refractivity contribution >= 4 is 5.78 Å². The van der Waals surface area contributed by atoms with Crippen LogP contribution in [0.1, 0.15) is 31.5 Å². The molecule has 3 aromatic carbocycles. The summed E-state index contributed by atoms with van der Waals surface area (Å²) >= 11 is 0. The Hall–Kier alpha value is -4.23. The number of carbonyl (C=O) groups is 1. The smallest absolute Gasteiger partial charge is 0.176 e. The van der Waals surface area contributed by atoms with Crippen molar-refractivity contribution in [3.8, 4) is 34.1 Å². The van der Waals surface area contributed by atoms with Crippen molar-refractivity contribution in [2.45, 2.75) is 32.1 Å². The van der Waals surface area contributed by atoms with Crippen LogP contribution in [0.4, 0.5) is 0 Å². The highest BCUT2D eigenvalue weighted by molar-refractivity contribution is 6.02. The maximum atomic E-state index is 12.8. The van der Waals surface area contributed by atoms with Crippen LogP contribution in [0.25, 0.3) is 28.1 Å². The first-order chi connectivity index (χ1) is 17.5. The summed E-state index contributed by atoms with van der Waals surface area (Å²) in [5, 5.41) is 14.9. The van der Waals surface area contributed by atoms with Crippen LogP contribution in [-0.4, -0.2) is 15.6 Å². The average Bonchev–Trinajstić information content (AvgIpc) is 3.33. The standard InChI is InChI=1S/C32H27N3O/c1-21-28-18-17-27-29(24-11-7-4-8-12-24)35(34-31(27)32(28,2)19-25(20-33)30(21)36)26-15-13-23(14-16-26)22-9-5-3-6-10-22/h3-16,19,21,28H,17-18H2,1-2H3/t21-,28-,32-/m1/s1. The van der Waals surface area contributed by atoms with Crippen LogP contribution in [0.3, 0.4) is 0 Å². The normalized spacial score (nSPS) is 22.8. The lowest BCUT2D eigenvalue weighted by atomic mass is 9.58. The Morgan fingerprint density at radius 2 is 1.53 bits per heavy atom. The van der Waals surface area contributed by atoms with Crippen LogP contribution in [-0.2, 0) is 16.6 Å². The molecule has 36 heavy (non-hydrogen) atoms. The summed E-state index contributed by atoms with van der Waals surface area (Å²) in [5.41, 5.74) is 7.52. The number of nitriles is 1. The van der Waals surface area contributed by atoms with Gasteiger partial charge in [0.15, 0.2) is 5.78 Å². The van der Waals surface area contributed by atoms with Gasteiger partial charge in [-0.05, 0) is 42.0 Å². The lowest BCUT2D eigenvalue weighted by Crippen LogP contribution is -2.45. The topological polar surface area (TPSA) is 58.7 Å². The number of hydrogen-bond acceptors (Lipinski definition) is 3. The monoisotopic (exact) mass is 469 g/mol. The molecule has 0 bridgehead atoms. The summed E-state index contributed by atoms with van der Waals surface area (Å²) in [6.45, 7) is 4.12. The molecule has 1 aromatic heterocycles. The van der Waals surface area contributed by atoms with Gasteiger partial charge in [0.05, 0.1) is 22.6 Å². The predicted molar refractivity (Wildman–Crippen MR) is 141 cm³/mol. The fourth-order valence-electron chi connectivity index (χ4n) is 6.23. The lowest BCUT2D eigenvalue weighted by Gasteiger charge is -2.44. The van der Waals surface area contributed by atoms with E-state index in [2.05, 4.69) is 78.3 Å². The number of hydrogen-bond donors (Lipinski definition) is 0. The van der Waals surface area contributed by atoms with Crippen LogP contribution in [0, 0.1) is 23.2 Å². The van der Waals surface area contributed by atoms with E-state index in [9.17, 15) is 10.1 Å². The molecule has 3 atom stereocenters. The van der Waals surface area contributed by atoms with Crippen molar-refractivity contribution in [2.75, 3.05) is 0 Å². The second kappa shape index (κ2) is 8.46. The van der Waals surface area contributed by atoms with Gasteiger partial charge in [0.2, 0.25) is 0 Å². The van der Waals surface area contributed by atoms with Crippen LogP contribution >= 0.6 is 0 Å². The molecule has 0 spiro atoms. The predicted octanol–water partition coefficient (Wildman–Crippen LogP) is 6.70. The van der Waals surface area contributed by atoms with Gasteiger partial charge in [-0.25, -0.2) is 4.68 Å². The SMILES string of the molecule is C[C@H]1C(=O)C(C#N)=C[C@@]2(C)c3nn(-c4ccc(-c5ccccc5)cc4)c(-c4ccccc4)c3CC[C@H]12. The molecule has 0 fully saturated rings. The van der Waals surface area contributed by atoms with Crippen molar-refractivity contribution in [1.82, 2.24) is 9.78 Å². The van der Waals surface area contributed by atoms with Gasteiger partial charge >= 0.3 is 0 Å². The molecule has 6 rings (SSSR count). The Morgan fingerprint density at radius 3 is 2.17 bits per heavy atom. The first-order valence-corrected chi connectivity index (χ1v) is 12.5. The Kier molecular flexibility index (Phi) is 5.23. The number of fused-ring (bicyclic) bond motifs is 3. The third-order valence-corrected chi connectivity index (χ3v) is 8.08. The number of aromatic nitrogens is 2. The van der Waals surface area contributed by atoms with Gasteiger partial charge in [-0.2, -0.15) is 10.4 Å². The van der Waals surface area contributed by atoms with E-state index in [0.29, 0.717) is 0 Å². The van der Waals surface area contributed by atoms with Crippen molar-refractivity contribution in [3.05, 3.63) is 108 Å². The van der Waals surface area contributed by atoms with E-state index in [1.165, 1.54) is 11.1 Å². The summed E-state index contributed by atoms with van der Waals surface area (Å²) in [5.74, 6) is -0.108. The fraction of sp³-hybridized carbons (Fsp3) is 0.219. The van der Waals surface area contributed by atoms with E-state index in [1.807, 2.05) is 37.3 Å². The second-order valence-electron chi connectivity index (χ2n) is 10.1. The first-order valence-electron chi connectivity index (χ1n) is 12.5. The first kappa shape index (κ1) is 22.2. The molecule has 176 valence electrons. The van der Waals surface area contributed by atoms with Crippen LogP contribution in [0.15, 0.2) is 96.6 Å². The van der Waals surface area contributed by atoms with Gasteiger partial charge in [-0.3, -0.25) is 4.79 Å². The molecule has 0 unspecified atom stereocenters. The summed E-state index contributed by atoms with van der Waals surface area (Å²) in [4.78, 5) is 12.8. The van der Waals surface area contributed by atoms with Crippen molar-refractivity contribution in [1.29, 1.82) is 5.26 Å². The number of ketones is 1. The van der Waals surface area contributed by atoms with Crippen molar-refractivity contribution < 1.29 is 4.79 Å².